The van der Waals surface area contributed by atoms with Crippen LogP contribution in [-0.2, 0) is 6.54 Å². The minimum Gasteiger partial charge on any atom is -0.496 e. The fourth-order valence-electron chi connectivity index (χ4n) is 1.89. The molecule has 1 heterocycles. The number of nitrogens with one attached hydrogen (secondary N) is 1. The van der Waals surface area contributed by atoms with Crippen molar-refractivity contribution in [1.29, 1.82) is 0 Å². The van der Waals surface area contributed by atoms with Crippen LogP contribution in [-0.4, -0.2) is 23.8 Å². The second kappa shape index (κ2) is 6.52. The van der Waals surface area contributed by atoms with Crippen molar-refractivity contribution < 1.29 is 9.26 Å². The number of nitrogens with zero attached hydrogens (tertiary/aromatic N) is 2. The molecule has 5 nitrogen and oxygen atoms in total. The molecule has 1 N–H and O–H groups in total. The number of hydrogen-bond acceptors (Lipinski definition) is 5. The van der Waals surface area contributed by atoms with Gasteiger partial charge in [-0.3, -0.25) is 0 Å². The standard InChI is InChI=1S/C15H21N3O2/c1-10(2)8-16-9-14-17-15(18-20-14)12-6-5-11(3)7-13(12)19-4/h5-7,10,16H,8-9H2,1-4H3. The number of aromatic nitrogens is 2. The summed E-state index contributed by atoms with van der Waals surface area (Å²) in [6.45, 7) is 7.83. The summed E-state index contributed by atoms with van der Waals surface area (Å²) in [6, 6.07) is 5.91. The molecule has 1 aromatic heterocycles. The Morgan fingerprint density at radius 1 is 1.35 bits per heavy atom. The quantitative estimate of drug-likeness (QED) is 0.878. The average molecular weight is 275 g/mol. The Bertz CT molecular complexity index is 564. The first-order valence-electron chi connectivity index (χ1n) is 6.78. The maximum Gasteiger partial charge on any atom is 0.240 e. The van der Waals surface area contributed by atoms with E-state index in [-0.39, 0.29) is 0 Å². The summed E-state index contributed by atoms with van der Waals surface area (Å²) in [7, 11) is 1.64. The normalized spacial score (nSPS) is 11.1. The third kappa shape index (κ3) is 3.57. The predicted octanol–water partition coefficient (Wildman–Crippen LogP) is 2.80. The molecule has 0 aliphatic rings. The molecule has 0 aliphatic carbocycles. The first kappa shape index (κ1) is 14.5. The SMILES string of the molecule is COc1cc(C)ccc1-c1noc(CNCC(C)C)n1. The van der Waals surface area contributed by atoms with Crippen molar-refractivity contribution in [3.05, 3.63) is 29.7 Å². The van der Waals surface area contributed by atoms with Crippen molar-refractivity contribution in [2.24, 2.45) is 5.92 Å². The summed E-state index contributed by atoms with van der Waals surface area (Å²) >= 11 is 0. The van der Waals surface area contributed by atoms with Crippen LogP contribution in [0.15, 0.2) is 22.7 Å². The molecule has 0 bridgehead atoms. The van der Waals surface area contributed by atoms with Crippen LogP contribution in [0.5, 0.6) is 5.75 Å². The monoisotopic (exact) mass is 275 g/mol. The van der Waals surface area contributed by atoms with Crippen LogP contribution in [0.3, 0.4) is 0 Å². The van der Waals surface area contributed by atoms with Gasteiger partial charge in [-0.15, -0.1) is 0 Å². The number of benzene rings is 1. The van der Waals surface area contributed by atoms with Gasteiger partial charge in [0.1, 0.15) is 5.75 Å². The highest BCUT2D eigenvalue weighted by molar-refractivity contribution is 5.64. The molecule has 0 atom stereocenters. The fraction of sp³-hybridized carbons (Fsp3) is 0.467. The van der Waals surface area contributed by atoms with Crippen molar-refractivity contribution in [3.8, 4) is 17.1 Å². The highest BCUT2D eigenvalue weighted by atomic mass is 16.5. The van der Waals surface area contributed by atoms with Crippen LogP contribution in [0.2, 0.25) is 0 Å². The predicted molar refractivity (Wildman–Crippen MR) is 77.6 cm³/mol. The van der Waals surface area contributed by atoms with E-state index >= 15 is 0 Å². The molecule has 1 aromatic carbocycles. The van der Waals surface area contributed by atoms with Crippen LogP contribution in [0.4, 0.5) is 0 Å². The molecule has 2 rings (SSSR count). The molecule has 2 aromatic rings. The Morgan fingerprint density at radius 3 is 2.85 bits per heavy atom. The van der Waals surface area contributed by atoms with Gasteiger partial charge in [0.15, 0.2) is 0 Å². The second-order valence-corrected chi connectivity index (χ2v) is 5.24. The summed E-state index contributed by atoms with van der Waals surface area (Å²) in [4.78, 5) is 4.40. The summed E-state index contributed by atoms with van der Waals surface area (Å²) < 4.78 is 10.6. The van der Waals surface area contributed by atoms with E-state index in [4.69, 9.17) is 9.26 Å². The Morgan fingerprint density at radius 2 is 2.15 bits per heavy atom. The van der Waals surface area contributed by atoms with Crippen molar-refractivity contribution in [3.63, 3.8) is 0 Å². The van der Waals surface area contributed by atoms with Gasteiger partial charge < -0.3 is 14.6 Å². The zero-order chi connectivity index (χ0) is 14.5. The highest BCUT2D eigenvalue weighted by Crippen LogP contribution is 2.28. The first-order valence-corrected chi connectivity index (χ1v) is 6.78. The van der Waals surface area contributed by atoms with Crippen molar-refractivity contribution in [1.82, 2.24) is 15.5 Å². The number of aryl methyl sites for hydroxylation is 1. The lowest BCUT2D eigenvalue weighted by molar-refractivity contribution is 0.363. The van der Waals surface area contributed by atoms with Gasteiger partial charge in [-0.2, -0.15) is 4.98 Å². The Kier molecular flexibility index (Phi) is 4.74. The van der Waals surface area contributed by atoms with E-state index in [1.54, 1.807) is 7.11 Å². The fourth-order valence-corrected chi connectivity index (χ4v) is 1.89. The zero-order valence-electron chi connectivity index (χ0n) is 12.4. The third-order valence-corrected chi connectivity index (χ3v) is 2.89. The van der Waals surface area contributed by atoms with Gasteiger partial charge in [-0.05, 0) is 37.1 Å². The topological polar surface area (TPSA) is 60.2 Å². The summed E-state index contributed by atoms with van der Waals surface area (Å²) in [5, 5.41) is 7.29. The molecule has 5 heteroatoms. The minimum atomic E-state index is 0.559. The van der Waals surface area contributed by atoms with Gasteiger partial charge in [-0.1, -0.05) is 25.1 Å². The van der Waals surface area contributed by atoms with E-state index < -0.39 is 0 Å². The third-order valence-electron chi connectivity index (χ3n) is 2.89. The van der Waals surface area contributed by atoms with Gasteiger partial charge in [-0.25, -0.2) is 0 Å². The van der Waals surface area contributed by atoms with Crippen molar-refractivity contribution in [2.45, 2.75) is 27.3 Å². The molecule has 0 unspecified atom stereocenters. The van der Waals surface area contributed by atoms with E-state index in [0.717, 1.165) is 23.4 Å². The van der Waals surface area contributed by atoms with Crippen molar-refractivity contribution >= 4 is 0 Å². The maximum absolute atomic E-state index is 5.37. The van der Waals surface area contributed by atoms with Crippen molar-refractivity contribution in [2.75, 3.05) is 13.7 Å². The lowest BCUT2D eigenvalue weighted by atomic mass is 10.1. The molecule has 0 saturated heterocycles. The maximum atomic E-state index is 5.37. The van der Waals surface area contributed by atoms with E-state index in [9.17, 15) is 0 Å². The molecule has 108 valence electrons. The van der Waals surface area contributed by atoms with Gasteiger partial charge >= 0.3 is 0 Å². The molecular formula is C15H21N3O2. The first-order chi connectivity index (χ1) is 9.60. The molecule has 0 fully saturated rings. The molecule has 0 radical (unpaired) electrons. The summed E-state index contributed by atoms with van der Waals surface area (Å²) in [5.41, 5.74) is 1.98. The smallest absolute Gasteiger partial charge is 0.240 e. The Hall–Kier alpha value is -1.88. The molecule has 0 saturated carbocycles. The molecule has 0 spiro atoms. The zero-order valence-corrected chi connectivity index (χ0v) is 12.4. The molecular weight excluding hydrogens is 254 g/mol. The number of ether oxygens (including phenoxy) is 1. The van der Waals surface area contributed by atoms with E-state index in [0.29, 0.717) is 24.2 Å². The van der Waals surface area contributed by atoms with Gasteiger partial charge in [0.2, 0.25) is 11.7 Å². The average Bonchev–Trinajstić information content (AvgIpc) is 2.86. The summed E-state index contributed by atoms with van der Waals surface area (Å²) in [6.07, 6.45) is 0. The lowest BCUT2D eigenvalue weighted by Crippen LogP contribution is -2.19. The van der Waals surface area contributed by atoms with Crippen LogP contribution >= 0.6 is 0 Å². The van der Waals surface area contributed by atoms with Gasteiger partial charge in [0.25, 0.3) is 0 Å². The Balaban J connectivity index is 2.12. The molecule has 0 aliphatic heterocycles. The van der Waals surface area contributed by atoms with Gasteiger partial charge in [0.05, 0.1) is 19.2 Å². The number of hydrogen-bond donors (Lipinski definition) is 1. The summed E-state index contributed by atoms with van der Waals surface area (Å²) in [5.74, 6) is 2.49. The lowest BCUT2D eigenvalue weighted by Gasteiger charge is -2.05. The van der Waals surface area contributed by atoms with E-state index in [2.05, 4.69) is 29.3 Å². The van der Waals surface area contributed by atoms with Gasteiger partial charge in [0, 0.05) is 0 Å². The van der Waals surface area contributed by atoms with Crippen LogP contribution in [0, 0.1) is 12.8 Å². The van der Waals surface area contributed by atoms with Crippen LogP contribution in [0.1, 0.15) is 25.3 Å². The molecule has 20 heavy (non-hydrogen) atoms. The van der Waals surface area contributed by atoms with E-state index in [1.165, 1.54) is 0 Å². The second-order valence-electron chi connectivity index (χ2n) is 5.24. The number of rotatable bonds is 6. The van der Waals surface area contributed by atoms with E-state index in [1.807, 2.05) is 25.1 Å². The molecule has 0 amide bonds. The minimum absolute atomic E-state index is 0.559. The van der Waals surface area contributed by atoms with Crippen LogP contribution < -0.4 is 10.1 Å². The number of methoxy groups -OCH3 is 1. The largest absolute Gasteiger partial charge is 0.496 e. The van der Waals surface area contributed by atoms with Crippen LogP contribution in [0.25, 0.3) is 11.4 Å². The Labute approximate surface area is 119 Å². The highest BCUT2D eigenvalue weighted by Gasteiger charge is 2.13.